The molecule has 0 aromatic carbocycles. The third kappa shape index (κ3) is 0.932. The molecule has 1 N–H and O–H groups in total. The second-order valence-electron chi connectivity index (χ2n) is 1.99. The molecule has 0 saturated heterocycles. The summed E-state index contributed by atoms with van der Waals surface area (Å²) < 4.78 is 4.12. The summed E-state index contributed by atoms with van der Waals surface area (Å²) in [5.41, 5.74) is 0.847. The van der Waals surface area contributed by atoms with Gasteiger partial charge in [0, 0.05) is 19.4 Å². The SMILES string of the molecule is CNc1nsc2nccnc12. The molecule has 0 amide bonds. The molecule has 0 radical (unpaired) electrons. The van der Waals surface area contributed by atoms with Crippen LogP contribution in [0.5, 0.6) is 0 Å². The smallest absolute Gasteiger partial charge is 0.167 e. The van der Waals surface area contributed by atoms with E-state index in [1.165, 1.54) is 11.5 Å². The molecule has 0 fully saturated rings. The van der Waals surface area contributed by atoms with Crippen LogP contribution in [-0.2, 0) is 0 Å². The fourth-order valence-corrected chi connectivity index (χ4v) is 1.55. The Kier molecular flexibility index (Phi) is 1.43. The molecular formula is C6H6N4S. The van der Waals surface area contributed by atoms with Gasteiger partial charge in [-0.05, 0) is 11.5 Å². The number of nitrogens with zero attached hydrogens (tertiary/aromatic N) is 3. The summed E-state index contributed by atoms with van der Waals surface area (Å²) in [6, 6.07) is 0. The molecule has 4 nitrogen and oxygen atoms in total. The lowest BCUT2D eigenvalue weighted by Crippen LogP contribution is -1.88. The van der Waals surface area contributed by atoms with E-state index < -0.39 is 0 Å². The van der Waals surface area contributed by atoms with Crippen molar-refractivity contribution in [3.63, 3.8) is 0 Å². The Hall–Kier alpha value is -1.23. The number of hydrogen-bond acceptors (Lipinski definition) is 5. The van der Waals surface area contributed by atoms with Crippen LogP contribution in [0.3, 0.4) is 0 Å². The molecule has 0 atom stereocenters. The van der Waals surface area contributed by atoms with Gasteiger partial charge < -0.3 is 5.32 Å². The maximum Gasteiger partial charge on any atom is 0.167 e. The zero-order chi connectivity index (χ0) is 7.68. The van der Waals surface area contributed by atoms with Gasteiger partial charge in [-0.15, -0.1) is 0 Å². The maximum absolute atomic E-state index is 4.13. The summed E-state index contributed by atoms with van der Waals surface area (Å²) in [4.78, 5) is 9.11. The van der Waals surface area contributed by atoms with Crippen molar-refractivity contribution in [1.29, 1.82) is 0 Å². The minimum absolute atomic E-state index is 0.804. The van der Waals surface area contributed by atoms with Gasteiger partial charge in [-0.2, -0.15) is 4.37 Å². The van der Waals surface area contributed by atoms with Crippen LogP contribution in [0, 0.1) is 0 Å². The number of fused-ring (bicyclic) bond motifs is 1. The molecular weight excluding hydrogens is 160 g/mol. The maximum atomic E-state index is 4.13. The van der Waals surface area contributed by atoms with Gasteiger partial charge in [0.2, 0.25) is 0 Å². The van der Waals surface area contributed by atoms with Crippen LogP contribution in [0.1, 0.15) is 0 Å². The third-order valence-electron chi connectivity index (χ3n) is 1.35. The van der Waals surface area contributed by atoms with Crippen molar-refractivity contribution in [2.75, 3.05) is 12.4 Å². The molecule has 0 spiro atoms. The van der Waals surface area contributed by atoms with Crippen LogP contribution in [0.4, 0.5) is 5.82 Å². The molecule has 0 saturated carbocycles. The molecule has 2 aromatic rings. The Morgan fingerprint density at radius 3 is 3.00 bits per heavy atom. The van der Waals surface area contributed by atoms with Gasteiger partial charge in [0.05, 0.1) is 0 Å². The van der Waals surface area contributed by atoms with E-state index >= 15 is 0 Å². The fourth-order valence-electron chi connectivity index (χ4n) is 0.851. The predicted molar refractivity (Wildman–Crippen MR) is 44.8 cm³/mol. The largest absolute Gasteiger partial charge is 0.370 e. The summed E-state index contributed by atoms with van der Waals surface area (Å²) in [6.45, 7) is 0. The summed E-state index contributed by atoms with van der Waals surface area (Å²) in [7, 11) is 1.82. The Morgan fingerprint density at radius 1 is 1.36 bits per heavy atom. The topological polar surface area (TPSA) is 50.7 Å². The van der Waals surface area contributed by atoms with E-state index in [4.69, 9.17) is 0 Å². The van der Waals surface area contributed by atoms with E-state index in [0.717, 1.165) is 16.2 Å². The number of rotatable bonds is 1. The molecule has 11 heavy (non-hydrogen) atoms. The van der Waals surface area contributed by atoms with Gasteiger partial charge in [0.25, 0.3) is 0 Å². The van der Waals surface area contributed by atoms with E-state index in [9.17, 15) is 0 Å². The molecule has 2 rings (SSSR count). The van der Waals surface area contributed by atoms with E-state index in [1.807, 2.05) is 7.05 Å². The Morgan fingerprint density at radius 2 is 2.18 bits per heavy atom. The Bertz CT molecular complexity index is 369. The second kappa shape index (κ2) is 2.43. The van der Waals surface area contributed by atoms with Crippen LogP contribution in [0.15, 0.2) is 12.4 Å². The van der Waals surface area contributed by atoms with E-state index in [-0.39, 0.29) is 0 Å². The monoisotopic (exact) mass is 166 g/mol. The van der Waals surface area contributed by atoms with Crippen LogP contribution < -0.4 is 5.32 Å². The van der Waals surface area contributed by atoms with Crippen LogP contribution in [-0.4, -0.2) is 21.4 Å². The lowest BCUT2D eigenvalue weighted by Gasteiger charge is -1.90. The molecule has 0 unspecified atom stereocenters. The minimum atomic E-state index is 0.804. The molecule has 0 bridgehead atoms. The highest BCUT2D eigenvalue weighted by molar-refractivity contribution is 7.13. The van der Waals surface area contributed by atoms with Crippen molar-refractivity contribution in [2.45, 2.75) is 0 Å². The zero-order valence-corrected chi connectivity index (χ0v) is 6.72. The molecule has 0 aliphatic rings. The number of aromatic nitrogens is 3. The number of nitrogens with one attached hydrogen (secondary N) is 1. The van der Waals surface area contributed by atoms with Gasteiger partial charge in [-0.1, -0.05) is 0 Å². The van der Waals surface area contributed by atoms with Crippen molar-refractivity contribution in [2.24, 2.45) is 0 Å². The third-order valence-corrected chi connectivity index (χ3v) is 2.09. The highest BCUT2D eigenvalue weighted by Crippen LogP contribution is 2.20. The first-order valence-electron chi connectivity index (χ1n) is 3.16. The summed E-state index contributed by atoms with van der Waals surface area (Å²) in [5, 5.41) is 2.95. The molecule has 0 aliphatic heterocycles. The first-order valence-corrected chi connectivity index (χ1v) is 3.93. The quantitative estimate of drug-likeness (QED) is 0.690. The van der Waals surface area contributed by atoms with E-state index in [0.29, 0.717) is 0 Å². The first kappa shape index (κ1) is 6.48. The van der Waals surface area contributed by atoms with Gasteiger partial charge in [0.1, 0.15) is 5.52 Å². The lowest BCUT2D eigenvalue weighted by atomic mass is 10.5. The summed E-state index contributed by atoms with van der Waals surface area (Å²) in [5.74, 6) is 0.804. The minimum Gasteiger partial charge on any atom is -0.370 e. The van der Waals surface area contributed by atoms with E-state index in [2.05, 4.69) is 19.7 Å². The predicted octanol–water partition coefficient (Wildman–Crippen LogP) is 1.13. The van der Waals surface area contributed by atoms with Gasteiger partial charge in [0.15, 0.2) is 10.6 Å². The second-order valence-corrected chi connectivity index (χ2v) is 2.74. The van der Waals surface area contributed by atoms with Crippen LogP contribution in [0.25, 0.3) is 10.3 Å². The van der Waals surface area contributed by atoms with Crippen molar-refractivity contribution >= 4 is 27.7 Å². The van der Waals surface area contributed by atoms with Gasteiger partial charge >= 0.3 is 0 Å². The van der Waals surface area contributed by atoms with Crippen molar-refractivity contribution in [1.82, 2.24) is 14.3 Å². The first-order chi connectivity index (χ1) is 5.42. The highest BCUT2D eigenvalue weighted by atomic mass is 32.1. The molecule has 5 heteroatoms. The molecule has 0 aliphatic carbocycles. The van der Waals surface area contributed by atoms with E-state index in [1.54, 1.807) is 12.4 Å². The summed E-state index contributed by atoms with van der Waals surface area (Å²) >= 11 is 1.35. The average Bonchev–Trinajstić information content (AvgIpc) is 2.47. The zero-order valence-electron chi connectivity index (χ0n) is 5.90. The Labute approximate surface area is 67.5 Å². The average molecular weight is 166 g/mol. The van der Waals surface area contributed by atoms with Crippen molar-refractivity contribution in [3.8, 4) is 0 Å². The summed E-state index contributed by atoms with van der Waals surface area (Å²) in [6.07, 6.45) is 3.33. The normalized spacial score (nSPS) is 10.3. The number of hydrogen-bond donors (Lipinski definition) is 1. The molecule has 2 heterocycles. The Balaban J connectivity index is 2.76. The highest BCUT2D eigenvalue weighted by Gasteiger charge is 2.04. The standard InChI is InChI=1S/C6H6N4S/c1-7-5-4-6(11-10-5)9-3-2-8-4/h2-3H,1H3,(H,7,10). The molecule has 56 valence electrons. The fraction of sp³-hybridized carbons (Fsp3) is 0.167. The van der Waals surface area contributed by atoms with Gasteiger partial charge in [-0.25, -0.2) is 9.97 Å². The van der Waals surface area contributed by atoms with Crippen molar-refractivity contribution < 1.29 is 0 Å². The van der Waals surface area contributed by atoms with Gasteiger partial charge in [-0.3, -0.25) is 0 Å². The van der Waals surface area contributed by atoms with Crippen LogP contribution in [0.2, 0.25) is 0 Å². The lowest BCUT2D eigenvalue weighted by molar-refractivity contribution is 1.30. The van der Waals surface area contributed by atoms with Crippen LogP contribution >= 0.6 is 11.5 Å². The molecule has 2 aromatic heterocycles. The number of anilines is 1. The van der Waals surface area contributed by atoms with Crippen molar-refractivity contribution in [3.05, 3.63) is 12.4 Å².